The summed E-state index contributed by atoms with van der Waals surface area (Å²) in [6, 6.07) is 7.99. The Morgan fingerprint density at radius 1 is 1.22 bits per heavy atom. The molecule has 1 aromatic rings. The lowest BCUT2D eigenvalue weighted by Crippen LogP contribution is -2.37. The van der Waals surface area contributed by atoms with Crippen molar-refractivity contribution < 1.29 is 0 Å². The summed E-state index contributed by atoms with van der Waals surface area (Å²) in [5.74, 6) is 0. The van der Waals surface area contributed by atoms with E-state index in [0.29, 0.717) is 0 Å². The van der Waals surface area contributed by atoms with E-state index in [2.05, 4.69) is 37.3 Å². The van der Waals surface area contributed by atoms with Crippen molar-refractivity contribution in [1.82, 2.24) is 0 Å². The van der Waals surface area contributed by atoms with E-state index in [1.807, 2.05) is 12.1 Å². The fraction of sp³-hybridized carbons (Fsp3) is 0.375. The molecule has 1 aliphatic rings. The molecule has 0 amide bonds. The molecule has 0 heterocycles. The third kappa shape index (κ3) is 3.02. The highest BCUT2D eigenvalue weighted by Gasteiger charge is 2.22. The lowest BCUT2D eigenvalue weighted by Gasteiger charge is -2.28. The zero-order chi connectivity index (χ0) is 13.0. The second-order valence-corrected chi connectivity index (χ2v) is 5.16. The summed E-state index contributed by atoms with van der Waals surface area (Å²) >= 11 is 0. The average molecular weight is 242 g/mol. The van der Waals surface area contributed by atoms with Crippen LogP contribution in [0.4, 0.5) is 5.69 Å². The Morgan fingerprint density at radius 3 is 2.50 bits per heavy atom. The minimum atomic E-state index is -0.146. The quantitative estimate of drug-likeness (QED) is 0.794. The number of benzene rings is 1. The van der Waals surface area contributed by atoms with E-state index in [9.17, 15) is 0 Å². The van der Waals surface area contributed by atoms with Crippen molar-refractivity contribution in [3.8, 4) is 0 Å². The van der Waals surface area contributed by atoms with E-state index in [4.69, 9.17) is 11.5 Å². The molecule has 0 spiro atoms. The molecular formula is C16H22N2. The molecule has 96 valence electrons. The second-order valence-electron chi connectivity index (χ2n) is 5.16. The maximum Gasteiger partial charge on any atom is 0.0377 e. The van der Waals surface area contributed by atoms with E-state index in [1.54, 1.807) is 0 Å². The summed E-state index contributed by atoms with van der Waals surface area (Å²) in [6.07, 6.45) is 10.9. The minimum Gasteiger partial charge on any atom is -0.399 e. The Labute approximate surface area is 109 Å². The summed E-state index contributed by atoms with van der Waals surface area (Å²) in [4.78, 5) is 0. The molecule has 0 bridgehead atoms. The van der Waals surface area contributed by atoms with Crippen LogP contribution in [-0.2, 0) is 0 Å². The van der Waals surface area contributed by atoms with Gasteiger partial charge in [0, 0.05) is 11.2 Å². The fourth-order valence-corrected chi connectivity index (χ4v) is 2.27. The van der Waals surface area contributed by atoms with Gasteiger partial charge in [0.05, 0.1) is 0 Å². The highest BCUT2D eigenvalue weighted by Crippen LogP contribution is 2.28. The van der Waals surface area contributed by atoms with Gasteiger partial charge in [-0.1, -0.05) is 50.1 Å². The van der Waals surface area contributed by atoms with E-state index in [-0.39, 0.29) is 5.54 Å². The first-order valence-corrected chi connectivity index (χ1v) is 6.67. The van der Waals surface area contributed by atoms with Gasteiger partial charge in [-0.2, -0.15) is 0 Å². The zero-order valence-corrected chi connectivity index (χ0v) is 11.0. The Bertz CT molecular complexity index is 456. The van der Waals surface area contributed by atoms with E-state index >= 15 is 0 Å². The molecule has 4 N–H and O–H groups in total. The zero-order valence-electron chi connectivity index (χ0n) is 11.0. The molecule has 0 saturated heterocycles. The summed E-state index contributed by atoms with van der Waals surface area (Å²) in [5.41, 5.74) is 15.2. The minimum absolute atomic E-state index is 0.146. The van der Waals surface area contributed by atoms with Crippen molar-refractivity contribution >= 4 is 11.3 Å². The fourth-order valence-electron chi connectivity index (χ4n) is 2.27. The molecular weight excluding hydrogens is 220 g/mol. The number of allylic oxidation sites excluding steroid dienone is 2. The monoisotopic (exact) mass is 242 g/mol. The van der Waals surface area contributed by atoms with Crippen molar-refractivity contribution in [2.24, 2.45) is 5.73 Å². The van der Waals surface area contributed by atoms with E-state index in [1.165, 1.54) is 24.0 Å². The highest BCUT2D eigenvalue weighted by molar-refractivity contribution is 5.76. The molecule has 0 fully saturated rings. The van der Waals surface area contributed by atoms with Crippen molar-refractivity contribution in [3.05, 3.63) is 48.1 Å². The predicted molar refractivity (Wildman–Crippen MR) is 79.0 cm³/mol. The molecule has 0 aromatic heterocycles. The first-order chi connectivity index (χ1) is 8.63. The van der Waals surface area contributed by atoms with Gasteiger partial charge < -0.3 is 11.5 Å². The van der Waals surface area contributed by atoms with Crippen LogP contribution in [0.3, 0.4) is 0 Å². The first-order valence-electron chi connectivity index (χ1n) is 6.67. The lowest BCUT2D eigenvalue weighted by atomic mass is 9.84. The van der Waals surface area contributed by atoms with E-state index < -0.39 is 0 Å². The Hall–Kier alpha value is -1.54. The molecule has 1 unspecified atom stereocenters. The van der Waals surface area contributed by atoms with Gasteiger partial charge in [-0.25, -0.2) is 0 Å². The van der Waals surface area contributed by atoms with Crippen molar-refractivity contribution in [1.29, 1.82) is 0 Å². The number of nitrogen functional groups attached to an aromatic ring is 1. The van der Waals surface area contributed by atoms with Crippen LogP contribution >= 0.6 is 0 Å². The SMILES string of the molecule is CCCCC1(N)C=CC(c2ccc(N)cc2)=CC1. The van der Waals surface area contributed by atoms with Crippen LogP contribution in [0, 0.1) is 0 Å². The van der Waals surface area contributed by atoms with Gasteiger partial charge in [-0.3, -0.25) is 0 Å². The van der Waals surface area contributed by atoms with Crippen LogP contribution in [0.15, 0.2) is 42.5 Å². The molecule has 1 aromatic carbocycles. The smallest absolute Gasteiger partial charge is 0.0377 e. The molecule has 0 aliphatic heterocycles. The van der Waals surface area contributed by atoms with Crippen molar-refractivity contribution in [2.75, 3.05) is 5.73 Å². The Morgan fingerprint density at radius 2 is 1.94 bits per heavy atom. The standard InChI is InChI=1S/C16H22N2/c1-2-3-10-16(18)11-8-14(9-12-16)13-4-6-15(17)7-5-13/h4-9,11H,2-3,10,12,17-18H2,1H3. The molecule has 1 aliphatic carbocycles. The predicted octanol–water partition coefficient (Wildman–Crippen LogP) is 3.50. The lowest BCUT2D eigenvalue weighted by molar-refractivity contribution is 0.468. The molecule has 18 heavy (non-hydrogen) atoms. The van der Waals surface area contributed by atoms with E-state index in [0.717, 1.165) is 18.5 Å². The molecule has 2 rings (SSSR count). The molecule has 2 heteroatoms. The average Bonchev–Trinajstić information content (AvgIpc) is 2.39. The number of nitrogens with two attached hydrogens (primary N) is 2. The molecule has 0 radical (unpaired) electrons. The first kappa shape index (κ1) is 12.9. The van der Waals surface area contributed by atoms with Gasteiger partial charge in [0.15, 0.2) is 0 Å². The van der Waals surface area contributed by atoms with Crippen LogP contribution in [0.5, 0.6) is 0 Å². The number of unbranched alkanes of at least 4 members (excludes halogenated alkanes) is 1. The topological polar surface area (TPSA) is 52.0 Å². The Kier molecular flexibility index (Phi) is 3.87. The molecule has 2 nitrogen and oxygen atoms in total. The van der Waals surface area contributed by atoms with Gasteiger partial charge in [0.25, 0.3) is 0 Å². The summed E-state index contributed by atoms with van der Waals surface area (Å²) in [7, 11) is 0. The normalized spacial score (nSPS) is 22.9. The maximum absolute atomic E-state index is 6.36. The van der Waals surface area contributed by atoms with Gasteiger partial charge in [0.2, 0.25) is 0 Å². The summed E-state index contributed by atoms with van der Waals surface area (Å²) in [5, 5.41) is 0. The third-order valence-electron chi connectivity index (χ3n) is 3.54. The number of anilines is 1. The molecule has 0 saturated carbocycles. The number of rotatable bonds is 4. The van der Waals surface area contributed by atoms with Crippen molar-refractivity contribution in [3.63, 3.8) is 0 Å². The highest BCUT2D eigenvalue weighted by atomic mass is 14.7. The third-order valence-corrected chi connectivity index (χ3v) is 3.54. The number of hydrogen-bond donors (Lipinski definition) is 2. The van der Waals surface area contributed by atoms with Crippen LogP contribution in [0.2, 0.25) is 0 Å². The largest absolute Gasteiger partial charge is 0.399 e. The van der Waals surface area contributed by atoms with Gasteiger partial charge in [0.1, 0.15) is 0 Å². The second kappa shape index (κ2) is 5.40. The van der Waals surface area contributed by atoms with Gasteiger partial charge in [-0.15, -0.1) is 0 Å². The summed E-state index contributed by atoms with van der Waals surface area (Å²) in [6.45, 7) is 2.20. The van der Waals surface area contributed by atoms with Crippen LogP contribution in [0.25, 0.3) is 5.57 Å². The molecule has 1 atom stereocenters. The maximum atomic E-state index is 6.36. The summed E-state index contributed by atoms with van der Waals surface area (Å²) < 4.78 is 0. The van der Waals surface area contributed by atoms with Crippen molar-refractivity contribution in [2.45, 2.75) is 38.1 Å². The Balaban J connectivity index is 2.07. The number of hydrogen-bond acceptors (Lipinski definition) is 2. The van der Waals surface area contributed by atoms with Gasteiger partial charge in [-0.05, 0) is 36.1 Å². The van der Waals surface area contributed by atoms with Crippen LogP contribution < -0.4 is 11.5 Å². The van der Waals surface area contributed by atoms with Crippen LogP contribution in [-0.4, -0.2) is 5.54 Å². The van der Waals surface area contributed by atoms with Gasteiger partial charge >= 0.3 is 0 Å². The van der Waals surface area contributed by atoms with Crippen LogP contribution in [0.1, 0.15) is 38.2 Å².